The van der Waals surface area contributed by atoms with Gasteiger partial charge in [0.05, 0.1) is 15.9 Å². The standard InChI is InChI=1S/C52H29BN2S4/c1-2-12-29-28(11-1)23-24-33-32-15-9-17-37-50(32)55(49(29)33)40-25-35-31-14-4-6-20-42(31)59-52(35)47(48(40)53-37)36-26-45-46(57-44-22-8-7-21-43(44)56-45)27-39(36)54-38-18-10-16-34-30-13-3-5-19-41(30)58-51(34)38/h1-27,53-54H. The van der Waals surface area contributed by atoms with E-state index >= 15 is 0 Å². The lowest BCUT2D eigenvalue weighted by Gasteiger charge is -2.27. The maximum atomic E-state index is 4.13. The van der Waals surface area contributed by atoms with E-state index in [2.05, 4.69) is 174 Å². The van der Waals surface area contributed by atoms with Crippen LogP contribution in [0.15, 0.2) is 183 Å². The van der Waals surface area contributed by atoms with Crippen molar-refractivity contribution in [3.63, 3.8) is 0 Å². The molecule has 3 aromatic heterocycles. The van der Waals surface area contributed by atoms with Gasteiger partial charge in [0.25, 0.3) is 0 Å². The number of hydrogen-bond donors (Lipinski definition) is 1. The SMILES string of the molecule is B1c2c(cc3c(sc4ccccc43)c2-c2cc3c(cc2Nc2cccc4c2sc2ccccc24)Sc2ccccc2S3)-n2c3c1cccc3c1ccc3ccccc3c12. The molecule has 0 spiro atoms. The molecule has 7 heteroatoms. The van der Waals surface area contributed by atoms with Gasteiger partial charge >= 0.3 is 0 Å². The smallest absolute Gasteiger partial charge is 0.198 e. The monoisotopic (exact) mass is 820 g/mol. The van der Waals surface area contributed by atoms with Crippen LogP contribution in [0.1, 0.15) is 0 Å². The number of fused-ring (bicyclic) bond motifs is 15. The molecule has 12 aromatic rings. The van der Waals surface area contributed by atoms with Crippen LogP contribution < -0.4 is 16.2 Å². The van der Waals surface area contributed by atoms with Gasteiger partial charge in [0, 0.05) is 93.8 Å². The maximum absolute atomic E-state index is 4.13. The number of hydrogen-bond acceptors (Lipinski definition) is 5. The molecule has 0 bridgehead atoms. The number of thiophene rings is 2. The van der Waals surface area contributed by atoms with E-state index in [-0.39, 0.29) is 0 Å². The predicted molar refractivity (Wildman–Crippen MR) is 260 cm³/mol. The number of rotatable bonds is 3. The van der Waals surface area contributed by atoms with Gasteiger partial charge in [-0.2, -0.15) is 0 Å². The minimum Gasteiger partial charge on any atom is -0.354 e. The second kappa shape index (κ2) is 12.3. The third-order valence-electron chi connectivity index (χ3n) is 12.4. The lowest BCUT2D eigenvalue weighted by molar-refractivity contribution is 1.16. The van der Waals surface area contributed by atoms with Crippen LogP contribution in [0, 0.1) is 0 Å². The van der Waals surface area contributed by atoms with Crippen molar-refractivity contribution in [2.45, 2.75) is 19.6 Å². The molecule has 0 saturated heterocycles. The van der Waals surface area contributed by atoms with E-state index < -0.39 is 0 Å². The molecular weight excluding hydrogens is 792 g/mol. The minimum atomic E-state index is 0.855. The van der Waals surface area contributed by atoms with Crippen molar-refractivity contribution in [1.82, 2.24) is 4.57 Å². The van der Waals surface area contributed by atoms with E-state index in [1.54, 1.807) is 0 Å². The van der Waals surface area contributed by atoms with Crippen LogP contribution in [0.5, 0.6) is 0 Å². The molecule has 0 unspecified atom stereocenters. The highest BCUT2D eigenvalue weighted by Gasteiger charge is 2.31. The van der Waals surface area contributed by atoms with Crippen LogP contribution in [-0.2, 0) is 0 Å². The molecule has 274 valence electrons. The molecule has 14 rings (SSSR count). The van der Waals surface area contributed by atoms with E-state index in [4.69, 9.17) is 0 Å². The first-order chi connectivity index (χ1) is 29.2. The Bertz CT molecular complexity index is 3820. The summed E-state index contributed by atoms with van der Waals surface area (Å²) in [5.74, 6) is 0. The Hall–Kier alpha value is -5.96. The summed E-state index contributed by atoms with van der Waals surface area (Å²) >= 11 is 7.60. The van der Waals surface area contributed by atoms with Crippen LogP contribution >= 0.6 is 46.2 Å². The zero-order valence-corrected chi connectivity index (χ0v) is 34.6. The van der Waals surface area contributed by atoms with E-state index in [1.807, 2.05) is 46.2 Å². The lowest BCUT2D eigenvalue weighted by atomic mass is 9.59. The van der Waals surface area contributed by atoms with E-state index in [1.165, 1.54) is 120 Å². The normalized spacial score (nSPS) is 13.1. The van der Waals surface area contributed by atoms with Crippen molar-refractivity contribution in [1.29, 1.82) is 0 Å². The number of aromatic nitrogens is 1. The zero-order chi connectivity index (χ0) is 38.3. The molecule has 2 aliphatic rings. The van der Waals surface area contributed by atoms with E-state index in [0.717, 1.165) is 18.7 Å². The Morgan fingerprint density at radius 2 is 1.08 bits per heavy atom. The average Bonchev–Trinajstić information content (AvgIpc) is 3.96. The van der Waals surface area contributed by atoms with Crippen LogP contribution in [0.3, 0.4) is 0 Å². The quantitative estimate of drug-likeness (QED) is 0.179. The van der Waals surface area contributed by atoms with Crippen LogP contribution in [0.2, 0.25) is 0 Å². The third-order valence-corrected chi connectivity index (χ3v) is 17.4. The van der Waals surface area contributed by atoms with Gasteiger partial charge in [-0.1, -0.05) is 144 Å². The highest BCUT2D eigenvalue weighted by atomic mass is 32.2. The summed E-state index contributed by atoms with van der Waals surface area (Å²) < 4.78 is 7.89. The van der Waals surface area contributed by atoms with Gasteiger partial charge in [-0.15, -0.1) is 22.7 Å². The van der Waals surface area contributed by atoms with Gasteiger partial charge in [-0.05, 0) is 64.9 Å². The molecule has 59 heavy (non-hydrogen) atoms. The molecular formula is C52H29BN2S4. The highest BCUT2D eigenvalue weighted by molar-refractivity contribution is 8.05. The summed E-state index contributed by atoms with van der Waals surface area (Å²) in [6, 6.07) is 61.4. The second-order valence-corrected chi connectivity index (χ2v) is 19.9. The Kier molecular flexibility index (Phi) is 6.86. The van der Waals surface area contributed by atoms with Crippen molar-refractivity contribution in [3.8, 4) is 16.8 Å². The molecule has 2 nitrogen and oxygen atoms in total. The first-order valence-electron chi connectivity index (χ1n) is 20.0. The van der Waals surface area contributed by atoms with Gasteiger partial charge in [-0.25, -0.2) is 0 Å². The number of para-hydroxylation sites is 1. The Morgan fingerprint density at radius 1 is 0.441 bits per heavy atom. The van der Waals surface area contributed by atoms with Crippen LogP contribution in [-0.4, -0.2) is 11.8 Å². The second-order valence-electron chi connectivity index (χ2n) is 15.6. The van der Waals surface area contributed by atoms with Gasteiger partial charge in [0.2, 0.25) is 0 Å². The first-order valence-corrected chi connectivity index (χ1v) is 23.2. The number of nitrogens with zero attached hydrogens (tertiary/aromatic N) is 1. The topological polar surface area (TPSA) is 17.0 Å². The van der Waals surface area contributed by atoms with Gasteiger partial charge in [0.15, 0.2) is 7.28 Å². The van der Waals surface area contributed by atoms with Crippen molar-refractivity contribution in [2.75, 3.05) is 5.32 Å². The number of anilines is 2. The fraction of sp³-hybridized carbons (Fsp3) is 0. The molecule has 0 saturated carbocycles. The number of nitrogens with one attached hydrogen (secondary N) is 1. The molecule has 0 fully saturated rings. The summed E-state index contributed by atoms with van der Waals surface area (Å²) in [6.07, 6.45) is 0. The fourth-order valence-corrected chi connectivity index (χ4v) is 14.6. The third kappa shape index (κ3) is 4.67. The summed E-state index contributed by atoms with van der Waals surface area (Å²) in [7, 11) is 0.855. The predicted octanol–water partition coefficient (Wildman–Crippen LogP) is 14.4. The lowest BCUT2D eigenvalue weighted by Crippen LogP contribution is -2.37. The fourth-order valence-electron chi connectivity index (χ4n) is 9.89. The van der Waals surface area contributed by atoms with Crippen LogP contribution in [0.25, 0.3) is 89.7 Å². The highest BCUT2D eigenvalue weighted by Crippen LogP contribution is 2.53. The van der Waals surface area contributed by atoms with Crippen molar-refractivity contribution < 1.29 is 0 Å². The zero-order valence-electron chi connectivity index (χ0n) is 31.4. The minimum absolute atomic E-state index is 0.855. The molecule has 9 aromatic carbocycles. The molecule has 0 aliphatic carbocycles. The Labute approximate surface area is 356 Å². The summed E-state index contributed by atoms with van der Waals surface area (Å²) in [4.78, 5) is 5.22. The molecule has 0 radical (unpaired) electrons. The molecule has 2 aliphatic heterocycles. The largest absolute Gasteiger partial charge is 0.354 e. The summed E-state index contributed by atoms with van der Waals surface area (Å²) in [5, 5.41) is 14.6. The molecule has 0 amide bonds. The van der Waals surface area contributed by atoms with Crippen molar-refractivity contribution >= 4 is 149 Å². The first kappa shape index (κ1) is 32.9. The van der Waals surface area contributed by atoms with Crippen LogP contribution in [0.4, 0.5) is 11.4 Å². The average molecular weight is 821 g/mol. The van der Waals surface area contributed by atoms with Crippen molar-refractivity contribution in [3.05, 3.63) is 164 Å². The summed E-state index contributed by atoms with van der Waals surface area (Å²) in [5.41, 5.74) is 11.5. The number of benzene rings is 9. The summed E-state index contributed by atoms with van der Waals surface area (Å²) in [6.45, 7) is 0. The van der Waals surface area contributed by atoms with Crippen molar-refractivity contribution in [2.24, 2.45) is 0 Å². The van der Waals surface area contributed by atoms with Gasteiger partial charge in [0.1, 0.15) is 0 Å². The van der Waals surface area contributed by atoms with E-state index in [0.29, 0.717) is 0 Å². The van der Waals surface area contributed by atoms with E-state index in [9.17, 15) is 0 Å². The van der Waals surface area contributed by atoms with Gasteiger partial charge < -0.3 is 9.88 Å². The Balaban J connectivity index is 1.11. The molecule has 0 atom stereocenters. The maximum Gasteiger partial charge on any atom is 0.198 e. The molecule has 1 N–H and O–H groups in total. The van der Waals surface area contributed by atoms with Gasteiger partial charge in [-0.3, -0.25) is 0 Å². The Morgan fingerprint density at radius 3 is 1.92 bits per heavy atom. The molecule has 5 heterocycles.